The number of aliphatic hydroxyl groups excluding tert-OH is 13. The molecule has 5 saturated heterocycles. The molecule has 20 atom stereocenters. The van der Waals surface area contributed by atoms with Crippen molar-refractivity contribution in [1.29, 1.82) is 0 Å². The lowest BCUT2D eigenvalue weighted by Gasteiger charge is -2.46. The van der Waals surface area contributed by atoms with Gasteiger partial charge in [0.25, 0.3) is 11.8 Å². The summed E-state index contributed by atoms with van der Waals surface area (Å²) >= 11 is 0. The molecule has 5 fully saturated rings. The highest BCUT2D eigenvalue weighted by Gasteiger charge is 2.52. The summed E-state index contributed by atoms with van der Waals surface area (Å²) in [6.45, 7) is -0.0269. The molecule has 27 nitrogen and oxygen atoms in total. The van der Waals surface area contributed by atoms with Crippen molar-refractivity contribution < 1.29 is 124 Å². The number of hydrogen-bond donors (Lipinski definition) is 13. The van der Waals surface area contributed by atoms with E-state index >= 15 is 0 Å². The lowest BCUT2D eigenvalue weighted by atomic mass is 9.95. The zero-order chi connectivity index (χ0) is 48.4. The standard InChI is InChI=1S/C39H66N2O25/c1-17-24(47)28(51)31(54)36(61-17)59-13-10-40(9-4-2-3-5-23(46)66-41-21(44)6-7-22(41)45)11-14-60-38-34(57)35(65-39-33(56)30(53)26(49)20(16-43)64-39)27(50)18(62-38)8-12-58-37-32(55)29(52)25(48)19(15-42)63-37/h17-20,24-39,42-43,47-57H,2-16H2,1H3/t17-,18+,19+,20+,24+,25+,26+,27+,28+,29-,30-,31-,32-,33-,34-,35-,36-,37-,38-,39+/m0/s1. The van der Waals surface area contributed by atoms with Gasteiger partial charge in [-0.05, 0) is 32.7 Å². The molecule has 5 aliphatic rings. The maximum absolute atomic E-state index is 12.3. The van der Waals surface area contributed by atoms with Crippen molar-refractivity contribution in [1.82, 2.24) is 9.96 Å². The maximum Gasteiger partial charge on any atom is 0.333 e. The van der Waals surface area contributed by atoms with Crippen molar-refractivity contribution in [3.05, 3.63) is 0 Å². The average Bonchev–Trinajstić information content (AvgIpc) is 3.61. The highest BCUT2D eigenvalue weighted by molar-refractivity contribution is 6.01. The Morgan fingerprint density at radius 2 is 1.05 bits per heavy atom. The van der Waals surface area contributed by atoms with E-state index in [1.54, 1.807) is 0 Å². The molecule has 0 spiro atoms. The van der Waals surface area contributed by atoms with Crippen LogP contribution in [0.3, 0.4) is 0 Å². The van der Waals surface area contributed by atoms with Crippen molar-refractivity contribution >= 4 is 17.8 Å². The van der Waals surface area contributed by atoms with Crippen LogP contribution in [-0.4, -0.2) is 270 Å². The van der Waals surface area contributed by atoms with E-state index in [2.05, 4.69) is 0 Å². The lowest BCUT2D eigenvalue weighted by molar-refractivity contribution is -0.360. The molecule has 0 bridgehead atoms. The third-order valence-corrected chi connectivity index (χ3v) is 12.1. The fourth-order valence-corrected chi connectivity index (χ4v) is 7.95. The van der Waals surface area contributed by atoms with Gasteiger partial charge >= 0.3 is 5.97 Å². The summed E-state index contributed by atoms with van der Waals surface area (Å²) in [5.74, 6) is -1.96. The number of unbranched alkanes of at least 4 members (excludes halogenated alkanes) is 2. The number of nitrogens with zero attached hydrogens (tertiary/aromatic N) is 2. The summed E-state index contributed by atoms with van der Waals surface area (Å²) in [7, 11) is 0. The van der Waals surface area contributed by atoms with Crippen LogP contribution in [0.2, 0.25) is 0 Å². The number of aliphatic hydroxyl groups is 13. The normalized spacial score (nSPS) is 41.2. The Morgan fingerprint density at radius 1 is 0.561 bits per heavy atom. The fraction of sp³-hybridized carbons (Fsp3) is 0.923. The van der Waals surface area contributed by atoms with Crippen LogP contribution < -0.4 is 0 Å². The largest absolute Gasteiger partial charge is 0.394 e. The van der Waals surface area contributed by atoms with Crippen LogP contribution in [0.1, 0.15) is 51.9 Å². The molecule has 0 aliphatic carbocycles. The van der Waals surface area contributed by atoms with E-state index in [0.717, 1.165) is 0 Å². The van der Waals surface area contributed by atoms with Crippen LogP contribution in [0.15, 0.2) is 0 Å². The summed E-state index contributed by atoms with van der Waals surface area (Å²) in [4.78, 5) is 42.6. The second-order valence-corrected chi connectivity index (χ2v) is 16.8. The number of hydrogen-bond acceptors (Lipinski definition) is 26. The molecule has 27 heteroatoms. The van der Waals surface area contributed by atoms with Crippen LogP contribution in [0.5, 0.6) is 0 Å². The third-order valence-electron chi connectivity index (χ3n) is 12.1. The molecule has 382 valence electrons. The van der Waals surface area contributed by atoms with Crippen LogP contribution in [0.25, 0.3) is 0 Å². The number of amides is 2. The molecular formula is C39H66N2O25. The first-order chi connectivity index (χ1) is 31.4. The van der Waals surface area contributed by atoms with Gasteiger partial charge in [-0.25, -0.2) is 4.79 Å². The smallest absolute Gasteiger partial charge is 0.333 e. The molecular weight excluding hydrogens is 896 g/mol. The number of hydroxylamine groups is 2. The quantitative estimate of drug-likeness (QED) is 0.0334. The van der Waals surface area contributed by atoms with Gasteiger partial charge in [-0.3, -0.25) is 14.5 Å². The van der Waals surface area contributed by atoms with E-state index in [0.29, 0.717) is 30.9 Å². The zero-order valence-corrected chi connectivity index (χ0v) is 36.3. The lowest BCUT2D eigenvalue weighted by Crippen LogP contribution is -2.64. The van der Waals surface area contributed by atoms with Gasteiger partial charge in [0.2, 0.25) is 0 Å². The minimum Gasteiger partial charge on any atom is -0.394 e. The molecule has 2 amide bonds. The first kappa shape index (κ1) is 54.7. The Labute approximate surface area is 378 Å². The summed E-state index contributed by atoms with van der Waals surface area (Å²) in [6.07, 6.45) is -30.6. The van der Waals surface area contributed by atoms with E-state index < -0.39 is 154 Å². The highest BCUT2D eigenvalue weighted by Crippen LogP contribution is 2.32. The first-order valence-electron chi connectivity index (χ1n) is 22.0. The Balaban J connectivity index is 1.22. The molecule has 0 aromatic heterocycles. The van der Waals surface area contributed by atoms with E-state index in [9.17, 15) is 80.8 Å². The van der Waals surface area contributed by atoms with Crippen molar-refractivity contribution in [3.8, 4) is 0 Å². The SMILES string of the molecule is C[C@@H]1O[C@H](OCCN(CCCCCC(=O)ON2C(=O)CCC2=O)CCO[C@H]2O[C@H](CCO[C@H]3O[C@H](CO)[C@@H](O)[C@H](O)[C@@H]3O)[C@@H](O)[C@H](O[C@H]3O[C@H](CO)[C@@H](O)[C@H](O)[C@@H]3O)[C@@H]2O)[C@@H](O)[C@H](O)[C@@H]1O. The molecule has 5 rings (SSSR count). The first-order valence-corrected chi connectivity index (χ1v) is 22.0. The van der Waals surface area contributed by atoms with Gasteiger partial charge in [-0.2, -0.15) is 0 Å². The van der Waals surface area contributed by atoms with Crippen LogP contribution in [0, 0.1) is 0 Å². The number of imide groups is 1. The Hall–Kier alpha value is -2.27. The number of ether oxygens (including phenoxy) is 8. The molecule has 0 aromatic carbocycles. The van der Waals surface area contributed by atoms with Gasteiger partial charge < -0.3 is 109 Å². The van der Waals surface area contributed by atoms with Crippen LogP contribution >= 0.6 is 0 Å². The molecule has 0 aromatic rings. The second-order valence-electron chi connectivity index (χ2n) is 16.8. The maximum atomic E-state index is 12.3. The van der Waals surface area contributed by atoms with Gasteiger partial charge in [-0.15, -0.1) is 5.06 Å². The van der Waals surface area contributed by atoms with Gasteiger partial charge in [0.1, 0.15) is 85.5 Å². The summed E-state index contributed by atoms with van der Waals surface area (Å²) < 4.78 is 45.3. The third kappa shape index (κ3) is 13.7. The molecule has 0 radical (unpaired) electrons. The van der Waals surface area contributed by atoms with Crippen molar-refractivity contribution in [3.63, 3.8) is 0 Å². The highest BCUT2D eigenvalue weighted by atomic mass is 16.7. The molecule has 5 aliphatic heterocycles. The molecule has 0 saturated carbocycles. The topological polar surface area (TPSA) is 404 Å². The average molecular weight is 963 g/mol. The van der Waals surface area contributed by atoms with Gasteiger partial charge in [0.15, 0.2) is 25.2 Å². The summed E-state index contributed by atoms with van der Waals surface area (Å²) in [5, 5.41) is 135. The number of carbonyl (C=O) groups excluding carboxylic acids is 3. The molecule has 0 unspecified atom stereocenters. The number of rotatable bonds is 23. The molecule has 66 heavy (non-hydrogen) atoms. The van der Waals surface area contributed by atoms with Crippen molar-refractivity contribution in [2.24, 2.45) is 0 Å². The second kappa shape index (κ2) is 25.5. The predicted molar refractivity (Wildman–Crippen MR) is 210 cm³/mol. The minimum absolute atomic E-state index is 0.0445. The monoisotopic (exact) mass is 962 g/mol. The molecule has 13 N–H and O–H groups in total. The summed E-state index contributed by atoms with van der Waals surface area (Å²) in [6, 6.07) is 0. The van der Waals surface area contributed by atoms with E-state index in [1.165, 1.54) is 6.92 Å². The zero-order valence-electron chi connectivity index (χ0n) is 36.3. The molecule has 5 heterocycles. The van der Waals surface area contributed by atoms with Gasteiger partial charge in [0, 0.05) is 32.4 Å². The Morgan fingerprint density at radius 3 is 1.62 bits per heavy atom. The van der Waals surface area contributed by atoms with Gasteiger partial charge in [0.05, 0.1) is 45.2 Å². The Bertz CT molecular complexity index is 1500. The van der Waals surface area contributed by atoms with Gasteiger partial charge in [-0.1, -0.05) is 6.42 Å². The van der Waals surface area contributed by atoms with Crippen LogP contribution in [-0.2, 0) is 57.1 Å². The van der Waals surface area contributed by atoms with Crippen LogP contribution in [0.4, 0.5) is 0 Å². The number of carbonyl (C=O) groups is 3. The van der Waals surface area contributed by atoms with E-state index in [1.807, 2.05) is 4.90 Å². The minimum atomic E-state index is -1.92. The summed E-state index contributed by atoms with van der Waals surface area (Å²) in [5.41, 5.74) is 0. The van der Waals surface area contributed by atoms with Crippen molar-refractivity contribution in [2.45, 2.75) is 175 Å². The van der Waals surface area contributed by atoms with E-state index in [-0.39, 0.29) is 58.6 Å². The predicted octanol–water partition coefficient (Wildman–Crippen LogP) is -7.84. The van der Waals surface area contributed by atoms with E-state index in [4.69, 9.17) is 42.7 Å². The fourth-order valence-electron chi connectivity index (χ4n) is 7.95. The van der Waals surface area contributed by atoms with Crippen molar-refractivity contribution in [2.75, 3.05) is 52.7 Å². The Kier molecular flexibility index (Phi) is 21.2.